The summed E-state index contributed by atoms with van der Waals surface area (Å²) in [5.74, 6) is 0.247. The number of piperidine rings is 1. The number of hydrogen-bond donors (Lipinski definition) is 1. The summed E-state index contributed by atoms with van der Waals surface area (Å²) in [6.45, 7) is 1.93. The predicted molar refractivity (Wildman–Crippen MR) is 78.0 cm³/mol. The van der Waals surface area contributed by atoms with Gasteiger partial charge in [-0.2, -0.15) is 0 Å². The summed E-state index contributed by atoms with van der Waals surface area (Å²) in [4.78, 5) is 14.0. The summed E-state index contributed by atoms with van der Waals surface area (Å²) in [5, 5.41) is 3.48. The van der Waals surface area contributed by atoms with E-state index in [0.29, 0.717) is 12.5 Å². The first-order valence-corrected chi connectivity index (χ1v) is 7.27. The molecule has 1 aromatic carbocycles. The second-order valence-corrected chi connectivity index (χ2v) is 5.41. The highest BCUT2D eigenvalue weighted by Gasteiger charge is 2.17. The lowest BCUT2D eigenvalue weighted by Crippen LogP contribution is -2.44. The fraction of sp³-hybridized carbons (Fsp3) is 0.562. The molecular weight excluding hydrogens is 236 g/mol. The number of hydrogen-bond acceptors (Lipinski definition) is 2. The Bertz CT molecular complexity index is 385. The molecule has 0 aliphatic carbocycles. The van der Waals surface area contributed by atoms with Gasteiger partial charge in [-0.3, -0.25) is 4.79 Å². The topological polar surface area (TPSA) is 32.3 Å². The number of carbonyl (C=O) groups is 1. The highest BCUT2D eigenvalue weighted by Crippen LogP contribution is 2.09. The van der Waals surface area contributed by atoms with E-state index in [2.05, 4.69) is 17.4 Å². The Labute approximate surface area is 116 Å². The normalized spacial score (nSPS) is 19.1. The Morgan fingerprint density at radius 1 is 1.32 bits per heavy atom. The van der Waals surface area contributed by atoms with Crippen molar-refractivity contribution in [3.63, 3.8) is 0 Å². The lowest BCUT2D eigenvalue weighted by Gasteiger charge is -2.28. The molecule has 1 saturated heterocycles. The van der Waals surface area contributed by atoms with Crippen molar-refractivity contribution in [1.82, 2.24) is 10.2 Å². The lowest BCUT2D eigenvalue weighted by atomic mass is 10.0. The van der Waals surface area contributed by atoms with Crippen LogP contribution in [0, 0.1) is 0 Å². The Morgan fingerprint density at radius 3 is 2.79 bits per heavy atom. The van der Waals surface area contributed by atoms with Crippen LogP contribution in [0.2, 0.25) is 0 Å². The number of nitrogens with zero attached hydrogens (tertiary/aromatic N) is 1. The van der Waals surface area contributed by atoms with Crippen molar-refractivity contribution in [3.05, 3.63) is 35.9 Å². The first-order chi connectivity index (χ1) is 9.25. The molecule has 0 bridgehead atoms. The number of amides is 1. The predicted octanol–water partition coefficient (Wildman–Crippen LogP) is 2.22. The zero-order valence-electron chi connectivity index (χ0n) is 11.8. The molecule has 19 heavy (non-hydrogen) atoms. The monoisotopic (exact) mass is 260 g/mol. The minimum absolute atomic E-state index is 0.247. The van der Waals surface area contributed by atoms with E-state index in [1.165, 1.54) is 24.8 Å². The van der Waals surface area contributed by atoms with E-state index in [0.717, 1.165) is 19.5 Å². The molecule has 1 atom stereocenters. The number of likely N-dealkylation sites (N-methyl/N-ethyl adjacent to an activating group) is 1. The molecule has 0 spiro atoms. The molecule has 2 rings (SSSR count). The summed E-state index contributed by atoms with van der Waals surface area (Å²) < 4.78 is 0. The molecule has 1 aromatic rings. The first-order valence-electron chi connectivity index (χ1n) is 7.27. The van der Waals surface area contributed by atoms with Gasteiger partial charge >= 0.3 is 0 Å². The molecule has 1 N–H and O–H groups in total. The molecule has 0 aromatic heterocycles. The van der Waals surface area contributed by atoms with Crippen LogP contribution in [0.25, 0.3) is 0 Å². The van der Waals surface area contributed by atoms with Crippen molar-refractivity contribution in [2.45, 2.75) is 38.1 Å². The maximum absolute atomic E-state index is 12.1. The van der Waals surface area contributed by atoms with Crippen molar-refractivity contribution in [1.29, 1.82) is 0 Å². The number of rotatable bonds is 5. The quantitative estimate of drug-likeness (QED) is 0.880. The molecule has 104 valence electrons. The van der Waals surface area contributed by atoms with E-state index in [-0.39, 0.29) is 5.91 Å². The largest absolute Gasteiger partial charge is 0.344 e. The summed E-state index contributed by atoms with van der Waals surface area (Å²) in [6, 6.07) is 10.7. The number of benzene rings is 1. The van der Waals surface area contributed by atoms with Gasteiger partial charge in [0.25, 0.3) is 0 Å². The van der Waals surface area contributed by atoms with E-state index in [9.17, 15) is 4.79 Å². The minimum Gasteiger partial charge on any atom is -0.344 e. The number of aryl methyl sites for hydroxylation is 1. The molecular formula is C16H24N2O. The summed E-state index contributed by atoms with van der Waals surface area (Å²) in [6.07, 6.45) is 5.18. The van der Waals surface area contributed by atoms with Crippen LogP contribution in [-0.4, -0.2) is 37.0 Å². The van der Waals surface area contributed by atoms with Crippen molar-refractivity contribution < 1.29 is 4.79 Å². The molecule has 3 heteroatoms. The average molecular weight is 260 g/mol. The van der Waals surface area contributed by atoms with Crippen molar-refractivity contribution >= 4 is 5.91 Å². The third kappa shape index (κ3) is 4.67. The zero-order chi connectivity index (χ0) is 13.5. The molecule has 0 radical (unpaired) electrons. The Kier molecular flexibility index (Phi) is 5.40. The third-order valence-corrected chi connectivity index (χ3v) is 3.80. The SMILES string of the molecule is CN(CC1CCCCN1)C(=O)CCc1ccccc1. The van der Waals surface area contributed by atoms with Crippen LogP contribution in [0.15, 0.2) is 30.3 Å². The van der Waals surface area contributed by atoms with Crippen LogP contribution in [0.3, 0.4) is 0 Å². The van der Waals surface area contributed by atoms with E-state index < -0.39 is 0 Å². The van der Waals surface area contributed by atoms with Gasteiger partial charge in [-0.1, -0.05) is 36.8 Å². The van der Waals surface area contributed by atoms with Gasteiger partial charge in [-0.25, -0.2) is 0 Å². The van der Waals surface area contributed by atoms with Crippen LogP contribution in [0.1, 0.15) is 31.2 Å². The lowest BCUT2D eigenvalue weighted by molar-refractivity contribution is -0.130. The van der Waals surface area contributed by atoms with Gasteiger partial charge in [0.15, 0.2) is 0 Å². The fourth-order valence-electron chi connectivity index (χ4n) is 2.60. The molecule has 1 heterocycles. The van der Waals surface area contributed by atoms with Gasteiger partial charge in [-0.05, 0) is 31.4 Å². The van der Waals surface area contributed by atoms with Gasteiger partial charge < -0.3 is 10.2 Å². The Hall–Kier alpha value is -1.35. The highest BCUT2D eigenvalue weighted by molar-refractivity contribution is 5.76. The van der Waals surface area contributed by atoms with Gasteiger partial charge in [0.05, 0.1) is 0 Å². The second kappa shape index (κ2) is 7.29. The maximum atomic E-state index is 12.1. The van der Waals surface area contributed by atoms with Crippen LogP contribution in [0.5, 0.6) is 0 Å². The Balaban J connectivity index is 1.72. The molecule has 3 nitrogen and oxygen atoms in total. The zero-order valence-corrected chi connectivity index (χ0v) is 11.8. The van der Waals surface area contributed by atoms with Gasteiger partial charge in [-0.15, -0.1) is 0 Å². The molecule has 1 fully saturated rings. The van der Waals surface area contributed by atoms with Gasteiger partial charge in [0, 0.05) is 26.1 Å². The number of nitrogens with one attached hydrogen (secondary N) is 1. The second-order valence-electron chi connectivity index (χ2n) is 5.41. The summed E-state index contributed by atoms with van der Waals surface area (Å²) >= 11 is 0. The fourth-order valence-corrected chi connectivity index (χ4v) is 2.60. The molecule has 1 aliphatic heterocycles. The Morgan fingerprint density at radius 2 is 2.11 bits per heavy atom. The molecule has 1 unspecified atom stereocenters. The molecule has 0 saturated carbocycles. The van der Waals surface area contributed by atoms with E-state index in [4.69, 9.17) is 0 Å². The highest BCUT2D eigenvalue weighted by atomic mass is 16.2. The number of carbonyl (C=O) groups excluding carboxylic acids is 1. The van der Waals surface area contributed by atoms with E-state index in [1.54, 1.807) is 0 Å². The van der Waals surface area contributed by atoms with Crippen LogP contribution in [0.4, 0.5) is 0 Å². The molecule has 1 amide bonds. The van der Waals surface area contributed by atoms with Crippen LogP contribution >= 0.6 is 0 Å². The first kappa shape index (κ1) is 14.1. The summed E-state index contributed by atoms with van der Waals surface area (Å²) in [7, 11) is 1.92. The van der Waals surface area contributed by atoms with Crippen LogP contribution in [-0.2, 0) is 11.2 Å². The standard InChI is InChI=1S/C16H24N2O/c1-18(13-15-9-5-6-12-17-15)16(19)11-10-14-7-3-2-4-8-14/h2-4,7-8,15,17H,5-6,9-13H2,1H3. The van der Waals surface area contributed by atoms with Crippen molar-refractivity contribution in [2.75, 3.05) is 20.1 Å². The summed E-state index contributed by atoms with van der Waals surface area (Å²) in [5.41, 5.74) is 1.24. The van der Waals surface area contributed by atoms with Gasteiger partial charge in [0.1, 0.15) is 0 Å². The third-order valence-electron chi connectivity index (χ3n) is 3.80. The van der Waals surface area contributed by atoms with E-state index >= 15 is 0 Å². The van der Waals surface area contributed by atoms with Crippen molar-refractivity contribution in [2.24, 2.45) is 0 Å². The maximum Gasteiger partial charge on any atom is 0.222 e. The molecule has 1 aliphatic rings. The van der Waals surface area contributed by atoms with E-state index in [1.807, 2.05) is 30.1 Å². The van der Waals surface area contributed by atoms with Crippen LogP contribution < -0.4 is 5.32 Å². The van der Waals surface area contributed by atoms with Crippen molar-refractivity contribution in [3.8, 4) is 0 Å². The minimum atomic E-state index is 0.247. The van der Waals surface area contributed by atoms with Gasteiger partial charge in [0.2, 0.25) is 5.91 Å². The average Bonchev–Trinajstić information content (AvgIpc) is 2.47. The smallest absolute Gasteiger partial charge is 0.222 e.